The summed E-state index contributed by atoms with van der Waals surface area (Å²) in [5, 5.41) is 0. The predicted octanol–water partition coefficient (Wildman–Crippen LogP) is 1.26. The first-order valence-corrected chi connectivity index (χ1v) is 3.66. The van der Waals surface area contributed by atoms with Gasteiger partial charge in [-0.15, -0.1) is 0 Å². The minimum absolute atomic E-state index is 1.12. The third-order valence-electron chi connectivity index (χ3n) is 0.180. The molecule has 3 heteroatoms. The second-order valence-corrected chi connectivity index (χ2v) is 2.20. The van der Waals surface area contributed by atoms with Gasteiger partial charge in [0.05, 0.1) is 0 Å². The van der Waals surface area contributed by atoms with Crippen LogP contribution in [0, 0.1) is 0 Å². The third kappa shape index (κ3) is 4.58. The van der Waals surface area contributed by atoms with Gasteiger partial charge in [-0.05, 0) is 6.26 Å². The van der Waals surface area contributed by atoms with E-state index in [4.69, 9.17) is 0 Å². The van der Waals surface area contributed by atoms with Crippen LogP contribution in [0.15, 0.2) is 0 Å². The van der Waals surface area contributed by atoms with E-state index in [1.165, 1.54) is 0 Å². The molecule has 0 saturated carbocycles. The molecule has 0 aliphatic rings. The summed E-state index contributed by atoms with van der Waals surface area (Å²) in [5.74, 6) is 0. The zero-order valence-electron chi connectivity index (χ0n) is 3.14. The highest BCUT2D eigenvalue weighted by Gasteiger charge is 1.68. The zero-order valence-corrected chi connectivity index (χ0v) is 4.85. The van der Waals surface area contributed by atoms with Crippen LogP contribution in [0.1, 0.15) is 0 Å². The maximum absolute atomic E-state index is 3.57. The highest BCUT2D eigenvalue weighted by atomic mass is 32.2. The minimum Gasteiger partial charge on any atom is -0.208 e. The van der Waals surface area contributed by atoms with Crippen LogP contribution in [0.3, 0.4) is 0 Å². The first kappa shape index (κ1) is 5.58. The van der Waals surface area contributed by atoms with E-state index in [-0.39, 0.29) is 0 Å². The van der Waals surface area contributed by atoms with Gasteiger partial charge >= 0.3 is 0 Å². The van der Waals surface area contributed by atoms with Gasteiger partial charge in [-0.3, -0.25) is 0 Å². The van der Waals surface area contributed by atoms with E-state index in [2.05, 4.69) is 6.30 Å². The van der Waals surface area contributed by atoms with Crippen molar-refractivity contribution in [3.63, 3.8) is 0 Å². The molecule has 0 aromatic carbocycles. The van der Waals surface area contributed by atoms with Gasteiger partial charge in [0.25, 0.3) is 6.28 Å². The normalized spacial score (nSPS) is 8.20. The summed E-state index contributed by atoms with van der Waals surface area (Å²) in [6.45, 7) is 0. The van der Waals surface area contributed by atoms with Gasteiger partial charge in [-0.25, -0.2) is 11.6 Å². The lowest BCUT2D eigenvalue weighted by Crippen LogP contribution is -1.56. The van der Waals surface area contributed by atoms with E-state index >= 15 is 0 Å². The standard InChI is InChI=1S/C2H5BPS/c1-4-3-5-2/h1H2,2H3. The highest BCUT2D eigenvalue weighted by Crippen LogP contribution is 1.96. The summed E-state index contributed by atoms with van der Waals surface area (Å²) >= 11 is 1.70. The molecule has 5 heavy (non-hydrogen) atoms. The van der Waals surface area contributed by atoms with Crippen LogP contribution >= 0.6 is 19.7 Å². The van der Waals surface area contributed by atoms with Gasteiger partial charge in [0.2, 0.25) is 0 Å². The largest absolute Gasteiger partial charge is 0.258 e. The maximum Gasteiger partial charge on any atom is 0.258 e. The molecule has 0 atom stereocenters. The molecule has 0 unspecified atom stereocenters. The molecule has 0 rings (SSSR count). The third-order valence-corrected chi connectivity index (χ3v) is 1.62. The van der Waals surface area contributed by atoms with Gasteiger partial charge < -0.3 is 0 Å². The Morgan fingerprint density at radius 3 is 2.60 bits per heavy atom. The number of rotatable bonds is 2. The number of hydrogen-bond acceptors (Lipinski definition) is 1. The molecule has 0 amide bonds. The summed E-state index contributed by atoms with van der Waals surface area (Å²) in [7, 11) is 1.12. The van der Waals surface area contributed by atoms with Crippen LogP contribution in [0.5, 0.6) is 0 Å². The lowest BCUT2D eigenvalue weighted by molar-refractivity contribution is 2.54. The van der Waals surface area contributed by atoms with E-state index < -0.39 is 0 Å². The van der Waals surface area contributed by atoms with Crippen LogP contribution in [0.4, 0.5) is 0 Å². The molecule has 0 fully saturated rings. The average molecular weight is 103 g/mol. The second-order valence-electron chi connectivity index (χ2n) is 0.524. The molecule has 0 N–H and O–H groups in total. The SMILES string of the molecule is C=P[B]SC. The number of hydrogen-bond donors (Lipinski definition) is 0. The van der Waals surface area contributed by atoms with Crippen LogP contribution in [-0.4, -0.2) is 18.8 Å². The Balaban J connectivity index is 2.40. The van der Waals surface area contributed by atoms with E-state index in [9.17, 15) is 0 Å². The first-order chi connectivity index (χ1) is 2.41. The van der Waals surface area contributed by atoms with Gasteiger partial charge in [-0.2, -0.15) is 8.08 Å². The molecule has 0 aliphatic heterocycles. The van der Waals surface area contributed by atoms with Crippen LogP contribution in [0.2, 0.25) is 0 Å². The van der Waals surface area contributed by atoms with Gasteiger partial charge in [-0.1, -0.05) is 6.30 Å². The van der Waals surface area contributed by atoms with Crippen LogP contribution < -0.4 is 0 Å². The predicted molar refractivity (Wildman–Crippen MR) is 33.3 cm³/mol. The molecule has 0 bridgehead atoms. The Kier molecular flexibility index (Phi) is 5.12. The Morgan fingerprint density at radius 2 is 2.60 bits per heavy atom. The second kappa shape index (κ2) is 4.58. The van der Waals surface area contributed by atoms with Crippen molar-refractivity contribution < 1.29 is 0 Å². The average Bonchev–Trinajstić information content (AvgIpc) is 1.41. The minimum atomic E-state index is 1.12. The van der Waals surface area contributed by atoms with Crippen LogP contribution in [-0.2, 0) is 0 Å². The smallest absolute Gasteiger partial charge is 0.208 e. The first-order valence-electron chi connectivity index (χ1n) is 1.22. The van der Waals surface area contributed by atoms with E-state index in [0.717, 1.165) is 8.08 Å². The Labute approximate surface area is 39.2 Å². The summed E-state index contributed by atoms with van der Waals surface area (Å²) < 4.78 is 0. The Bertz CT molecular complexity index is 30.8. The monoisotopic (exact) mass is 103 g/mol. The highest BCUT2D eigenvalue weighted by molar-refractivity contribution is 8.33. The molecule has 0 nitrogen and oxygen atoms in total. The molecule has 0 aromatic rings. The molecular formula is C2H5BPS. The van der Waals surface area contributed by atoms with E-state index in [1.807, 2.05) is 12.5 Å². The quantitative estimate of drug-likeness (QED) is 0.374. The van der Waals surface area contributed by atoms with Crippen LogP contribution in [0.25, 0.3) is 0 Å². The molecule has 27 valence electrons. The van der Waals surface area contributed by atoms with E-state index in [0.29, 0.717) is 0 Å². The summed E-state index contributed by atoms with van der Waals surface area (Å²) in [4.78, 5) is 0. The molecule has 0 heterocycles. The van der Waals surface area contributed by atoms with Crippen molar-refractivity contribution in [1.29, 1.82) is 0 Å². The summed E-state index contributed by atoms with van der Waals surface area (Å²) in [6.07, 6.45) is 7.62. The zero-order chi connectivity index (χ0) is 4.12. The van der Waals surface area contributed by atoms with Crippen molar-refractivity contribution in [3.05, 3.63) is 0 Å². The maximum atomic E-state index is 3.57. The Hall–Kier alpha value is 0.585. The van der Waals surface area contributed by atoms with Crippen molar-refractivity contribution in [2.75, 3.05) is 6.26 Å². The molecular weight excluding hydrogens is 97.9 g/mol. The van der Waals surface area contributed by atoms with E-state index in [1.54, 1.807) is 11.6 Å². The fraction of sp³-hybridized carbons (Fsp3) is 0.500. The Morgan fingerprint density at radius 1 is 2.00 bits per heavy atom. The lowest BCUT2D eigenvalue weighted by Gasteiger charge is -1.69. The fourth-order valence-electron chi connectivity index (χ4n) is 0.0745. The lowest BCUT2D eigenvalue weighted by atomic mass is 10.7. The van der Waals surface area contributed by atoms with Crippen molar-refractivity contribution in [2.24, 2.45) is 0 Å². The summed E-state index contributed by atoms with van der Waals surface area (Å²) in [5.41, 5.74) is 0. The fourth-order valence-corrected chi connectivity index (χ4v) is 0.671. The molecule has 1 radical (unpaired) electrons. The van der Waals surface area contributed by atoms with Crippen molar-refractivity contribution in [3.8, 4) is 0 Å². The van der Waals surface area contributed by atoms with Crippen molar-refractivity contribution in [2.45, 2.75) is 0 Å². The molecule has 0 spiro atoms. The van der Waals surface area contributed by atoms with Crippen molar-refractivity contribution >= 4 is 32.3 Å². The van der Waals surface area contributed by atoms with Gasteiger partial charge in [0.1, 0.15) is 0 Å². The topological polar surface area (TPSA) is 0 Å². The van der Waals surface area contributed by atoms with Gasteiger partial charge in [0, 0.05) is 0 Å². The molecule has 0 saturated heterocycles. The molecule has 0 aliphatic carbocycles. The summed E-state index contributed by atoms with van der Waals surface area (Å²) in [6, 6.07) is 0. The molecule has 0 aromatic heterocycles. The van der Waals surface area contributed by atoms with Crippen molar-refractivity contribution in [1.82, 2.24) is 0 Å². The van der Waals surface area contributed by atoms with Gasteiger partial charge in [0.15, 0.2) is 0 Å².